The molecule has 2 aromatic carbocycles. The average molecular weight is 480 g/mol. The van der Waals surface area contributed by atoms with Gasteiger partial charge in [-0.25, -0.2) is 4.39 Å². The van der Waals surface area contributed by atoms with Crippen molar-refractivity contribution in [1.29, 1.82) is 0 Å². The molecule has 0 aliphatic carbocycles. The van der Waals surface area contributed by atoms with Gasteiger partial charge in [0.1, 0.15) is 5.82 Å². The van der Waals surface area contributed by atoms with Crippen molar-refractivity contribution in [3.63, 3.8) is 0 Å². The number of carbonyl (C=O) groups is 3. The van der Waals surface area contributed by atoms with Gasteiger partial charge in [0.15, 0.2) is 0 Å². The highest BCUT2D eigenvalue weighted by Crippen LogP contribution is 2.35. The molecule has 0 bridgehead atoms. The molecule has 3 aliphatic heterocycles. The molecule has 184 valence electrons. The molecular weight excluding hydrogens is 449 g/mol. The second kappa shape index (κ2) is 9.77. The number of amides is 3. The van der Waals surface area contributed by atoms with Crippen LogP contribution in [0, 0.1) is 17.7 Å². The third kappa shape index (κ3) is 4.55. The quantitative estimate of drug-likeness (QED) is 0.667. The lowest BCUT2D eigenvalue weighted by Crippen LogP contribution is -2.47. The molecule has 3 heterocycles. The van der Waals surface area contributed by atoms with Crippen LogP contribution in [-0.4, -0.2) is 65.4 Å². The monoisotopic (exact) mass is 479 g/mol. The zero-order chi connectivity index (χ0) is 24.5. The van der Waals surface area contributed by atoms with Gasteiger partial charge in [0, 0.05) is 38.7 Å². The molecule has 35 heavy (non-hydrogen) atoms. The van der Waals surface area contributed by atoms with Crippen molar-refractivity contribution in [3.8, 4) is 0 Å². The Balaban J connectivity index is 1.28. The predicted molar refractivity (Wildman–Crippen MR) is 128 cm³/mol. The summed E-state index contributed by atoms with van der Waals surface area (Å²) in [4.78, 5) is 44.6. The van der Waals surface area contributed by atoms with Crippen LogP contribution in [0.3, 0.4) is 0 Å². The third-order valence-electron chi connectivity index (χ3n) is 7.48. The number of carbonyl (C=O) groups excluding carboxylic acids is 3. The van der Waals surface area contributed by atoms with Gasteiger partial charge in [-0.2, -0.15) is 0 Å². The van der Waals surface area contributed by atoms with Crippen molar-refractivity contribution in [3.05, 3.63) is 65.0 Å². The molecule has 0 saturated carbocycles. The van der Waals surface area contributed by atoms with E-state index in [2.05, 4.69) is 4.90 Å². The molecule has 0 radical (unpaired) electrons. The lowest BCUT2D eigenvalue weighted by atomic mass is 9.92. The van der Waals surface area contributed by atoms with Crippen molar-refractivity contribution in [2.75, 3.05) is 37.7 Å². The number of anilines is 1. The Kier molecular flexibility index (Phi) is 6.56. The first-order valence-electron chi connectivity index (χ1n) is 12.3. The fourth-order valence-electron chi connectivity index (χ4n) is 5.58. The molecule has 0 aromatic heterocycles. The number of rotatable bonds is 5. The first-order chi connectivity index (χ1) is 17.0. The summed E-state index contributed by atoms with van der Waals surface area (Å²) in [6.45, 7) is 2.75. The van der Waals surface area contributed by atoms with Crippen molar-refractivity contribution in [1.82, 2.24) is 9.80 Å². The molecule has 3 aliphatic rings. The van der Waals surface area contributed by atoms with Gasteiger partial charge in [-0.05, 0) is 61.4 Å². The predicted octanol–water partition coefficient (Wildman–Crippen LogP) is 3.07. The fraction of sp³-hybridized carbons (Fsp3) is 0.444. The summed E-state index contributed by atoms with van der Waals surface area (Å²) >= 11 is 0. The van der Waals surface area contributed by atoms with Gasteiger partial charge in [0.25, 0.3) is 11.8 Å². The lowest BCUT2D eigenvalue weighted by molar-refractivity contribution is -0.138. The van der Waals surface area contributed by atoms with Crippen LogP contribution in [0.1, 0.15) is 52.0 Å². The number of imide groups is 1. The second-order valence-electron chi connectivity index (χ2n) is 9.76. The Morgan fingerprint density at radius 1 is 1.00 bits per heavy atom. The standard InChI is InChI=1S/C27H30FN3O4/c28-21-6-1-4-18(14-21)16-31-26(34)22-7-2-8-23(24(22)27(31)35)29-12-9-20(10-13-29)25(33)30-11-3-5-19(15-30)17-32/h1-2,4,6-8,14,19-20,32H,3,5,9-13,15-17H2/t19-/m0/s1. The molecule has 7 nitrogen and oxygen atoms in total. The van der Waals surface area contributed by atoms with E-state index in [-0.39, 0.29) is 42.7 Å². The van der Waals surface area contributed by atoms with Gasteiger partial charge in [0.2, 0.25) is 5.91 Å². The van der Waals surface area contributed by atoms with Crippen LogP contribution in [0.4, 0.5) is 10.1 Å². The molecule has 8 heteroatoms. The number of likely N-dealkylation sites (tertiary alicyclic amines) is 1. The van der Waals surface area contributed by atoms with Crippen LogP contribution >= 0.6 is 0 Å². The number of nitrogens with zero attached hydrogens (tertiary/aromatic N) is 3. The van der Waals surface area contributed by atoms with Crippen molar-refractivity contribution in [2.45, 2.75) is 32.2 Å². The number of hydrogen-bond donors (Lipinski definition) is 1. The van der Waals surface area contributed by atoms with E-state index in [0.29, 0.717) is 54.9 Å². The molecule has 3 amide bonds. The highest BCUT2D eigenvalue weighted by molar-refractivity contribution is 6.23. The summed E-state index contributed by atoms with van der Waals surface area (Å²) in [6.07, 6.45) is 3.24. The van der Waals surface area contributed by atoms with E-state index in [1.807, 2.05) is 11.0 Å². The SMILES string of the molecule is O=C(C1CCN(c2cccc3c2C(=O)N(Cc2cccc(F)c2)C3=O)CC1)N1CCC[C@H](CO)C1. The summed E-state index contributed by atoms with van der Waals surface area (Å²) in [6, 6.07) is 11.2. The van der Waals surface area contributed by atoms with E-state index in [9.17, 15) is 23.9 Å². The molecule has 2 fully saturated rings. The Hall–Kier alpha value is -3.26. The van der Waals surface area contributed by atoms with Crippen LogP contribution in [0.15, 0.2) is 42.5 Å². The highest BCUT2D eigenvalue weighted by Gasteiger charge is 2.39. The van der Waals surface area contributed by atoms with E-state index in [4.69, 9.17) is 0 Å². The topological polar surface area (TPSA) is 81.2 Å². The Labute approximate surface area is 204 Å². The van der Waals surface area contributed by atoms with Crippen molar-refractivity contribution >= 4 is 23.4 Å². The molecule has 1 N–H and O–H groups in total. The zero-order valence-corrected chi connectivity index (χ0v) is 19.7. The van der Waals surface area contributed by atoms with Gasteiger partial charge in [-0.1, -0.05) is 18.2 Å². The number of piperidine rings is 2. The van der Waals surface area contributed by atoms with Crippen LogP contribution in [0.2, 0.25) is 0 Å². The first kappa shape index (κ1) is 23.5. The Morgan fingerprint density at radius 2 is 1.77 bits per heavy atom. The molecule has 0 spiro atoms. The van der Waals surface area contributed by atoms with Crippen molar-refractivity contribution in [2.24, 2.45) is 11.8 Å². The maximum absolute atomic E-state index is 13.6. The molecule has 2 saturated heterocycles. The molecule has 0 unspecified atom stereocenters. The second-order valence-corrected chi connectivity index (χ2v) is 9.76. The highest BCUT2D eigenvalue weighted by atomic mass is 19.1. The minimum Gasteiger partial charge on any atom is -0.396 e. The van der Waals surface area contributed by atoms with Crippen LogP contribution in [0.5, 0.6) is 0 Å². The summed E-state index contributed by atoms with van der Waals surface area (Å²) in [5.41, 5.74) is 2.03. The number of aliphatic hydroxyl groups is 1. The maximum atomic E-state index is 13.6. The summed E-state index contributed by atoms with van der Waals surface area (Å²) in [5, 5.41) is 9.48. The third-order valence-corrected chi connectivity index (χ3v) is 7.48. The maximum Gasteiger partial charge on any atom is 0.263 e. The van der Waals surface area contributed by atoms with E-state index in [1.54, 1.807) is 24.3 Å². The van der Waals surface area contributed by atoms with Gasteiger partial charge in [0.05, 0.1) is 23.4 Å². The van der Waals surface area contributed by atoms with Crippen LogP contribution in [-0.2, 0) is 11.3 Å². The Bertz CT molecular complexity index is 1140. The number of benzene rings is 2. The molecule has 2 aromatic rings. The number of fused-ring (bicyclic) bond motifs is 1. The minimum absolute atomic E-state index is 0.0186. The van der Waals surface area contributed by atoms with E-state index >= 15 is 0 Å². The van der Waals surface area contributed by atoms with Gasteiger partial charge in [-0.3, -0.25) is 19.3 Å². The minimum atomic E-state index is -0.409. The van der Waals surface area contributed by atoms with Crippen molar-refractivity contribution < 1.29 is 23.9 Å². The zero-order valence-electron chi connectivity index (χ0n) is 19.7. The van der Waals surface area contributed by atoms with E-state index in [1.165, 1.54) is 17.0 Å². The van der Waals surface area contributed by atoms with Crippen LogP contribution in [0.25, 0.3) is 0 Å². The summed E-state index contributed by atoms with van der Waals surface area (Å²) in [7, 11) is 0. The number of halogens is 1. The summed E-state index contributed by atoms with van der Waals surface area (Å²) < 4.78 is 13.6. The number of hydrogen-bond acceptors (Lipinski definition) is 5. The normalized spacial score (nSPS) is 21.0. The molecular formula is C27H30FN3O4. The van der Waals surface area contributed by atoms with Crippen LogP contribution < -0.4 is 4.90 Å². The van der Waals surface area contributed by atoms with Gasteiger partial charge >= 0.3 is 0 Å². The average Bonchev–Trinajstić information content (AvgIpc) is 3.13. The van der Waals surface area contributed by atoms with E-state index in [0.717, 1.165) is 19.4 Å². The largest absolute Gasteiger partial charge is 0.396 e. The fourth-order valence-corrected chi connectivity index (χ4v) is 5.58. The molecule has 1 atom stereocenters. The van der Waals surface area contributed by atoms with Gasteiger partial charge in [-0.15, -0.1) is 0 Å². The first-order valence-corrected chi connectivity index (χ1v) is 12.3. The lowest BCUT2D eigenvalue weighted by Gasteiger charge is -2.38. The van der Waals surface area contributed by atoms with E-state index < -0.39 is 5.82 Å². The van der Waals surface area contributed by atoms with Gasteiger partial charge < -0.3 is 14.9 Å². The number of aliphatic hydroxyl groups excluding tert-OH is 1. The smallest absolute Gasteiger partial charge is 0.263 e. The summed E-state index contributed by atoms with van der Waals surface area (Å²) in [5.74, 6) is -0.890. The Morgan fingerprint density at radius 3 is 2.51 bits per heavy atom. The molecule has 5 rings (SSSR count).